The first-order valence-electron chi connectivity index (χ1n) is 5.95. The molecule has 1 unspecified atom stereocenters. The zero-order valence-corrected chi connectivity index (χ0v) is 11.2. The minimum Gasteiger partial charge on any atom is -0.437 e. The van der Waals surface area contributed by atoms with E-state index >= 15 is 0 Å². The van der Waals surface area contributed by atoms with Crippen molar-refractivity contribution >= 4 is 11.6 Å². The Bertz CT molecular complexity index is 531. The summed E-state index contributed by atoms with van der Waals surface area (Å²) >= 11 is 5.79. The topological polar surface area (TPSA) is 35.0 Å². The van der Waals surface area contributed by atoms with Gasteiger partial charge in [-0.25, -0.2) is 0 Å². The molecule has 1 heterocycles. The zero-order chi connectivity index (χ0) is 13.0. The lowest BCUT2D eigenvalue weighted by molar-refractivity contribution is 0.449. The monoisotopic (exact) mass is 262 g/mol. The largest absolute Gasteiger partial charge is 0.437 e. The molecule has 1 atom stereocenters. The van der Waals surface area contributed by atoms with Crippen LogP contribution in [0, 0.1) is 0 Å². The number of nitrogens with zero attached hydrogens (tertiary/aromatic N) is 2. The maximum atomic E-state index is 5.79. The van der Waals surface area contributed by atoms with Crippen LogP contribution < -0.4 is 4.74 Å². The van der Waals surface area contributed by atoms with Gasteiger partial charge in [-0.1, -0.05) is 43.6 Å². The molecular weight excluding hydrogens is 248 g/mol. The van der Waals surface area contributed by atoms with Crippen molar-refractivity contribution in [2.45, 2.75) is 26.2 Å². The van der Waals surface area contributed by atoms with E-state index < -0.39 is 0 Å². The number of para-hydroxylation sites is 1. The van der Waals surface area contributed by atoms with Crippen molar-refractivity contribution < 1.29 is 4.74 Å². The summed E-state index contributed by atoms with van der Waals surface area (Å²) in [6.07, 6.45) is 4.09. The predicted molar refractivity (Wildman–Crippen MR) is 72.3 cm³/mol. The molecule has 0 aliphatic rings. The van der Waals surface area contributed by atoms with Gasteiger partial charge in [-0.05, 0) is 24.0 Å². The molecule has 0 radical (unpaired) electrons. The molecule has 94 valence electrons. The highest BCUT2D eigenvalue weighted by atomic mass is 35.5. The van der Waals surface area contributed by atoms with Crippen molar-refractivity contribution in [3.8, 4) is 11.6 Å². The summed E-state index contributed by atoms with van der Waals surface area (Å²) in [4.78, 5) is 8.03. The molecule has 0 fully saturated rings. The molecule has 1 aromatic heterocycles. The van der Waals surface area contributed by atoms with Gasteiger partial charge >= 0.3 is 0 Å². The lowest BCUT2D eigenvalue weighted by Gasteiger charge is -2.14. The maximum absolute atomic E-state index is 5.79. The van der Waals surface area contributed by atoms with Crippen LogP contribution in [0.4, 0.5) is 0 Å². The van der Waals surface area contributed by atoms with Gasteiger partial charge in [0.25, 0.3) is 0 Å². The lowest BCUT2D eigenvalue weighted by Crippen LogP contribution is -1.97. The molecule has 0 bridgehead atoms. The standard InChI is InChI=1S/C14H15ClN2O/c1-3-10(2)11-6-4-5-7-12(11)18-14-9-16-8-13(15)17-14/h4-10H,3H2,1-2H3. The first kappa shape index (κ1) is 12.8. The third-order valence-electron chi connectivity index (χ3n) is 2.86. The Morgan fingerprint density at radius 3 is 2.78 bits per heavy atom. The van der Waals surface area contributed by atoms with E-state index in [0.717, 1.165) is 12.2 Å². The van der Waals surface area contributed by atoms with Gasteiger partial charge in [0.15, 0.2) is 5.15 Å². The second kappa shape index (κ2) is 5.83. The van der Waals surface area contributed by atoms with E-state index in [2.05, 4.69) is 29.9 Å². The normalized spacial score (nSPS) is 12.2. The highest BCUT2D eigenvalue weighted by Crippen LogP contribution is 2.31. The molecular formula is C14H15ClN2O. The number of benzene rings is 1. The lowest BCUT2D eigenvalue weighted by atomic mass is 9.98. The van der Waals surface area contributed by atoms with Crippen molar-refractivity contribution in [1.82, 2.24) is 9.97 Å². The third kappa shape index (κ3) is 2.99. The first-order chi connectivity index (χ1) is 8.70. The highest BCUT2D eigenvalue weighted by Gasteiger charge is 2.10. The Labute approximate surface area is 112 Å². The zero-order valence-electron chi connectivity index (χ0n) is 10.4. The second-order valence-electron chi connectivity index (χ2n) is 4.13. The van der Waals surface area contributed by atoms with Gasteiger partial charge in [0, 0.05) is 0 Å². The fourth-order valence-corrected chi connectivity index (χ4v) is 1.83. The van der Waals surface area contributed by atoms with Crippen molar-refractivity contribution in [2.24, 2.45) is 0 Å². The van der Waals surface area contributed by atoms with Gasteiger partial charge in [0.05, 0.1) is 12.4 Å². The van der Waals surface area contributed by atoms with Gasteiger partial charge < -0.3 is 4.74 Å². The van der Waals surface area contributed by atoms with Gasteiger partial charge in [-0.3, -0.25) is 4.98 Å². The summed E-state index contributed by atoms with van der Waals surface area (Å²) in [7, 11) is 0. The van der Waals surface area contributed by atoms with E-state index in [9.17, 15) is 0 Å². The molecule has 4 heteroatoms. The minimum atomic E-state index is 0.327. The number of aromatic nitrogens is 2. The molecule has 0 saturated heterocycles. The Kier molecular flexibility index (Phi) is 4.15. The summed E-state index contributed by atoms with van der Waals surface area (Å²) < 4.78 is 5.76. The molecule has 0 aliphatic carbocycles. The van der Waals surface area contributed by atoms with Crippen molar-refractivity contribution in [1.29, 1.82) is 0 Å². The number of ether oxygens (including phenoxy) is 1. The third-order valence-corrected chi connectivity index (χ3v) is 3.04. The van der Waals surface area contributed by atoms with Crippen LogP contribution in [0.1, 0.15) is 31.7 Å². The Morgan fingerprint density at radius 1 is 1.28 bits per heavy atom. The van der Waals surface area contributed by atoms with Crippen LogP contribution in [0.25, 0.3) is 0 Å². The van der Waals surface area contributed by atoms with Gasteiger partial charge in [0.1, 0.15) is 5.75 Å². The van der Waals surface area contributed by atoms with E-state index in [4.69, 9.17) is 16.3 Å². The van der Waals surface area contributed by atoms with E-state index in [1.54, 1.807) is 6.20 Å². The average Bonchev–Trinajstić information content (AvgIpc) is 2.38. The number of hydrogen-bond donors (Lipinski definition) is 0. The Morgan fingerprint density at radius 2 is 2.06 bits per heavy atom. The molecule has 0 saturated carbocycles. The van der Waals surface area contributed by atoms with Crippen LogP contribution in [0.2, 0.25) is 5.15 Å². The van der Waals surface area contributed by atoms with E-state index in [1.165, 1.54) is 11.8 Å². The number of hydrogen-bond acceptors (Lipinski definition) is 3. The van der Waals surface area contributed by atoms with Crippen molar-refractivity contribution in [3.05, 3.63) is 47.4 Å². The van der Waals surface area contributed by atoms with Crippen molar-refractivity contribution in [3.63, 3.8) is 0 Å². The molecule has 1 aromatic carbocycles. The summed E-state index contributed by atoms with van der Waals surface area (Å²) in [5, 5.41) is 0.327. The second-order valence-corrected chi connectivity index (χ2v) is 4.52. The van der Waals surface area contributed by atoms with Gasteiger partial charge in [0.2, 0.25) is 5.88 Å². The highest BCUT2D eigenvalue weighted by molar-refractivity contribution is 6.29. The predicted octanol–water partition coefficient (Wildman–Crippen LogP) is 4.44. The average molecular weight is 263 g/mol. The molecule has 2 aromatic rings. The van der Waals surface area contributed by atoms with E-state index in [0.29, 0.717) is 17.0 Å². The van der Waals surface area contributed by atoms with Crippen molar-refractivity contribution in [2.75, 3.05) is 0 Å². The molecule has 0 spiro atoms. The van der Waals surface area contributed by atoms with Crippen LogP contribution in [-0.4, -0.2) is 9.97 Å². The Balaban J connectivity index is 2.29. The molecule has 18 heavy (non-hydrogen) atoms. The van der Waals surface area contributed by atoms with Crippen LogP contribution >= 0.6 is 11.6 Å². The van der Waals surface area contributed by atoms with Crippen LogP contribution in [0.15, 0.2) is 36.7 Å². The summed E-state index contributed by atoms with van der Waals surface area (Å²) in [5.74, 6) is 1.66. The van der Waals surface area contributed by atoms with Crippen LogP contribution in [0.5, 0.6) is 11.6 Å². The van der Waals surface area contributed by atoms with Crippen LogP contribution in [-0.2, 0) is 0 Å². The Hall–Kier alpha value is -1.61. The molecule has 0 N–H and O–H groups in total. The fourth-order valence-electron chi connectivity index (χ4n) is 1.69. The number of halogens is 1. The molecule has 0 aliphatic heterocycles. The van der Waals surface area contributed by atoms with E-state index in [1.807, 2.05) is 18.2 Å². The number of rotatable bonds is 4. The summed E-state index contributed by atoms with van der Waals surface area (Å²) in [6.45, 7) is 4.33. The maximum Gasteiger partial charge on any atom is 0.239 e. The first-order valence-corrected chi connectivity index (χ1v) is 6.32. The minimum absolute atomic E-state index is 0.327. The SMILES string of the molecule is CCC(C)c1ccccc1Oc1cncc(Cl)n1. The molecule has 2 rings (SSSR count). The quantitative estimate of drug-likeness (QED) is 0.817. The van der Waals surface area contributed by atoms with Gasteiger partial charge in [-0.2, -0.15) is 4.98 Å². The van der Waals surface area contributed by atoms with E-state index in [-0.39, 0.29) is 0 Å². The molecule has 3 nitrogen and oxygen atoms in total. The van der Waals surface area contributed by atoms with Gasteiger partial charge in [-0.15, -0.1) is 0 Å². The fraction of sp³-hybridized carbons (Fsp3) is 0.286. The molecule has 0 amide bonds. The van der Waals surface area contributed by atoms with Crippen LogP contribution in [0.3, 0.4) is 0 Å². The summed E-state index contributed by atoms with van der Waals surface area (Å²) in [5.41, 5.74) is 1.17. The smallest absolute Gasteiger partial charge is 0.239 e. The summed E-state index contributed by atoms with van der Waals surface area (Å²) in [6, 6.07) is 7.96.